The van der Waals surface area contributed by atoms with Gasteiger partial charge in [-0.15, -0.1) is 0 Å². The Morgan fingerprint density at radius 1 is 1.50 bits per heavy atom. The molecule has 0 aromatic carbocycles. The molecule has 0 aromatic heterocycles. The molecule has 0 atom stereocenters. The van der Waals surface area contributed by atoms with Crippen LogP contribution in [0, 0.1) is 5.92 Å². The van der Waals surface area contributed by atoms with E-state index in [1.165, 1.54) is 0 Å². The van der Waals surface area contributed by atoms with Crippen molar-refractivity contribution >= 4 is 5.96 Å². The zero-order valence-corrected chi connectivity index (χ0v) is 9.88. The Morgan fingerprint density at radius 2 is 2.14 bits per heavy atom. The molecule has 0 aliphatic rings. The third-order valence-corrected chi connectivity index (χ3v) is 1.97. The van der Waals surface area contributed by atoms with Gasteiger partial charge in [-0.3, -0.25) is 4.99 Å². The number of aliphatic imine (C=N–C) groups is 1. The van der Waals surface area contributed by atoms with Crippen LogP contribution < -0.4 is 11.1 Å². The molecule has 0 heterocycles. The number of hydrogen-bond donors (Lipinski definition) is 2. The van der Waals surface area contributed by atoms with Gasteiger partial charge in [0, 0.05) is 19.6 Å². The van der Waals surface area contributed by atoms with Crippen molar-refractivity contribution in [3.8, 4) is 0 Å². The van der Waals surface area contributed by atoms with E-state index >= 15 is 0 Å². The van der Waals surface area contributed by atoms with Gasteiger partial charge in [0.15, 0.2) is 5.96 Å². The molecule has 0 aromatic rings. The first-order chi connectivity index (χ1) is 6.56. The summed E-state index contributed by atoms with van der Waals surface area (Å²) in [5, 5.41) is 3.09. The minimum Gasteiger partial charge on any atom is -0.370 e. The number of nitrogens with two attached hydrogens (primary N) is 1. The summed E-state index contributed by atoms with van der Waals surface area (Å²) in [5.41, 5.74) is 5.67. The molecule has 0 saturated carbocycles. The van der Waals surface area contributed by atoms with Crippen molar-refractivity contribution in [2.75, 3.05) is 33.2 Å². The Morgan fingerprint density at radius 3 is 2.64 bits per heavy atom. The molecule has 0 spiro atoms. The van der Waals surface area contributed by atoms with Crippen molar-refractivity contribution in [3.63, 3.8) is 0 Å². The number of rotatable bonds is 6. The van der Waals surface area contributed by atoms with Crippen LogP contribution in [0.1, 0.15) is 20.8 Å². The number of nitrogens with zero attached hydrogens (tertiary/aromatic N) is 2. The van der Waals surface area contributed by atoms with Crippen LogP contribution in [0.4, 0.5) is 0 Å². The van der Waals surface area contributed by atoms with Gasteiger partial charge < -0.3 is 16.0 Å². The van der Waals surface area contributed by atoms with Gasteiger partial charge in [-0.25, -0.2) is 0 Å². The van der Waals surface area contributed by atoms with Crippen molar-refractivity contribution in [1.82, 2.24) is 10.2 Å². The van der Waals surface area contributed by atoms with Crippen LogP contribution in [0.2, 0.25) is 0 Å². The Bertz CT molecular complexity index is 166. The standard InChI is InChI=1S/C10H24N4/c1-5-14(4)7-6-12-10(11)13-8-9(2)3/h9H,5-8H2,1-4H3,(H3,11,12,13). The third kappa shape index (κ3) is 7.86. The maximum absolute atomic E-state index is 5.67. The highest BCUT2D eigenvalue weighted by Crippen LogP contribution is 1.90. The lowest BCUT2D eigenvalue weighted by Gasteiger charge is -2.14. The zero-order chi connectivity index (χ0) is 11.0. The molecule has 0 unspecified atom stereocenters. The second kappa shape index (κ2) is 7.62. The maximum atomic E-state index is 5.67. The van der Waals surface area contributed by atoms with Crippen molar-refractivity contribution in [2.24, 2.45) is 16.6 Å². The molecule has 0 radical (unpaired) electrons. The molecule has 3 N–H and O–H groups in total. The van der Waals surface area contributed by atoms with E-state index in [4.69, 9.17) is 5.73 Å². The van der Waals surface area contributed by atoms with Gasteiger partial charge in [0.1, 0.15) is 0 Å². The first kappa shape index (κ1) is 13.2. The number of likely N-dealkylation sites (N-methyl/N-ethyl adjacent to an activating group) is 1. The first-order valence-corrected chi connectivity index (χ1v) is 5.28. The molecule has 0 rings (SSSR count). The summed E-state index contributed by atoms with van der Waals surface area (Å²) in [6.07, 6.45) is 0. The fourth-order valence-corrected chi connectivity index (χ4v) is 0.870. The van der Waals surface area contributed by atoms with Crippen LogP contribution in [0.15, 0.2) is 4.99 Å². The highest BCUT2D eigenvalue weighted by atomic mass is 15.1. The smallest absolute Gasteiger partial charge is 0.188 e. The molecule has 0 aliphatic carbocycles. The normalized spacial score (nSPS) is 12.6. The quantitative estimate of drug-likeness (QED) is 0.485. The molecule has 0 amide bonds. The lowest BCUT2D eigenvalue weighted by Crippen LogP contribution is -2.37. The van der Waals surface area contributed by atoms with E-state index in [1.807, 2.05) is 0 Å². The van der Waals surface area contributed by atoms with E-state index in [0.29, 0.717) is 11.9 Å². The van der Waals surface area contributed by atoms with E-state index < -0.39 is 0 Å². The highest BCUT2D eigenvalue weighted by Gasteiger charge is 1.95. The van der Waals surface area contributed by atoms with Crippen LogP contribution in [0.25, 0.3) is 0 Å². The summed E-state index contributed by atoms with van der Waals surface area (Å²) in [4.78, 5) is 6.44. The SMILES string of the molecule is CCN(C)CCNC(N)=NCC(C)C. The molecule has 0 fully saturated rings. The monoisotopic (exact) mass is 200 g/mol. The molecule has 0 aliphatic heterocycles. The van der Waals surface area contributed by atoms with Gasteiger partial charge in [0.2, 0.25) is 0 Å². The zero-order valence-electron chi connectivity index (χ0n) is 9.88. The van der Waals surface area contributed by atoms with Gasteiger partial charge in [-0.05, 0) is 19.5 Å². The summed E-state index contributed by atoms with van der Waals surface area (Å²) in [7, 11) is 2.09. The van der Waals surface area contributed by atoms with Crippen LogP contribution in [0.3, 0.4) is 0 Å². The Kier molecular flexibility index (Phi) is 7.20. The Balaban J connectivity index is 3.52. The fourth-order valence-electron chi connectivity index (χ4n) is 0.870. The van der Waals surface area contributed by atoms with Crippen LogP contribution in [-0.2, 0) is 0 Å². The van der Waals surface area contributed by atoms with E-state index in [9.17, 15) is 0 Å². The van der Waals surface area contributed by atoms with E-state index in [2.05, 4.69) is 43.0 Å². The predicted molar refractivity (Wildman–Crippen MR) is 62.5 cm³/mol. The van der Waals surface area contributed by atoms with Crippen molar-refractivity contribution in [1.29, 1.82) is 0 Å². The van der Waals surface area contributed by atoms with Crippen LogP contribution in [-0.4, -0.2) is 44.1 Å². The predicted octanol–water partition coefficient (Wildman–Crippen LogP) is 0.498. The Hall–Kier alpha value is -0.770. The van der Waals surface area contributed by atoms with Gasteiger partial charge in [0.25, 0.3) is 0 Å². The minimum atomic E-state index is 0.559. The molecule has 14 heavy (non-hydrogen) atoms. The van der Waals surface area contributed by atoms with Crippen molar-refractivity contribution in [3.05, 3.63) is 0 Å². The molecular formula is C10H24N4. The summed E-state index contributed by atoms with van der Waals surface area (Å²) >= 11 is 0. The lowest BCUT2D eigenvalue weighted by atomic mass is 10.2. The molecular weight excluding hydrogens is 176 g/mol. The van der Waals surface area contributed by atoms with Crippen LogP contribution >= 0.6 is 0 Å². The largest absolute Gasteiger partial charge is 0.370 e. The number of guanidine groups is 1. The van der Waals surface area contributed by atoms with Gasteiger partial charge in [0.05, 0.1) is 0 Å². The second-order valence-corrected chi connectivity index (χ2v) is 3.94. The summed E-state index contributed by atoms with van der Waals surface area (Å²) in [6.45, 7) is 10.1. The first-order valence-electron chi connectivity index (χ1n) is 5.28. The highest BCUT2D eigenvalue weighted by molar-refractivity contribution is 5.77. The summed E-state index contributed by atoms with van der Waals surface area (Å²) < 4.78 is 0. The van der Waals surface area contributed by atoms with Gasteiger partial charge in [-0.2, -0.15) is 0 Å². The molecule has 0 bridgehead atoms. The Labute approximate surface area is 87.6 Å². The number of hydrogen-bond acceptors (Lipinski definition) is 2. The fraction of sp³-hybridized carbons (Fsp3) is 0.900. The summed E-state index contributed by atoms with van der Waals surface area (Å²) in [6, 6.07) is 0. The molecule has 4 heteroatoms. The molecule has 0 saturated heterocycles. The minimum absolute atomic E-state index is 0.559. The number of nitrogens with one attached hydrogen (secondary N) is 1. The van der Waals surface area contributed by atoms with E-state index in [1.54, 1.807) is 0 Å². The average Bonchev–Trinajstić information content (AvgIpc) is 2.14. The third-order valence-electron chi connectivity index (χ3n) is 1.97. The van der Waals surface area contributed by atoms with Crippen molar-refractivity contribution in [2.45, 2.75) is 20.8 Å². The second-order valence-electron chi connectivity index (χ2n) is 3.94. The van der Waals surface area contributed by atoms with Crippen molar-refractivity contribution < 1.29 is 0 Å². The van der Waals surface area contributed by atoms with E-state index in [0.717, 1.165) is 26.2 Å². The van der Waals surface area contributed by atoms with Gasteiger partial charge in [-0.1, -0.05) is 20.8 Å². The van der Waals surface area contributed by atoms with E-state index in [-0.39, 0.29) is 0 Å². The summed E-state index contributed by atoms with van der Waals surface area (Å²) in [5.74, 6) is 1.12. The molecule has 4 nitrogen and oxygen atoms in total. The van der Waals surface area contributed by atoms with Crippen LogP contribution in [0.5, 0.6) is 0 Å². The molecule has 84 valence electrons. The maximum Gasteiger partial charge on any atom is 0.188 e. The average molecular weight is 200 g/mol. The lowest BCUT2D eigenvalue weighted by molar-refractivity contribution is 0.357. The topological polar surface area (TPSA) is 53.6 Å². The van der Waals surface area contributed by atoms with Gasteiger partial charge >= 0.3 is 0 Å².